The first-order valence-corrected chi connectivity index (χ1v) is 10.6. The van der Waals surface area contributed by atoms with Gasteiger partial charge in [0.1, 0.15) is 5.60 Å². The highest BCUT2D eigenvalue weighted by Crippen LogP contribution is 2.15. The largest absolute Gasteiger partial charge is 0.456 e. The molecular formula is C24H28N2O8. The van der Waals surface area contributed by atoms with E-state index < -0.39 is 47.1 Å². The number of non-ortho nitro benzene ring substituents is 1. The lowest BCUT2D eigenvalue weighted by Gasteiger charge is -2.26. The minimum absolute atomic E-state index is 0.0204. The van der Waals surface area contributed by atoms with E-state index in [2.05, 4.69) is 5.32 Å². The number of ketones is 1. The van der Waals surface area contributed by atoms with Crippen molar-refractivity contribution in [3.63, 3.8) is 0 Å². The number of rotatable bonds is 10. The van der Waals surface area contributed by atoms with E-state index in [9.17, 15) is 24.5 Å². The monoisotopic (exact) mass is 472 g/mol. The van der Waals surface area contributed by atoms with Crippen LogP contribution < -0.4 is 5.32 Å². The van der Waals surface area contributed by atoms with E-state index in [1.165, 1.54) is 18.2 Å². The first kappa shape index (κ1) is 26.5. The summed E-state index contributed by atoms with van der Waals surface area (Å²) in [5, 5.41) is 13.4. The predicted octanol–water partition coefficient (Wildman–Crippen LogP) is 3.82. The van der Waals surface area contributed by atoms with Crippen molar-refractivity contribution in [1.29, 1.82) is 0 Å². The van der Waals surface area contributed by atoms with E-state index in [4.69, 9.17) is 14.2 Å². The van der Waals surface area contributed by atoms with E-state index in [-0.39, 0.29) is 17.9 Å². The van der Waals surface area contributed by atoms with Crippen molar-refractivity contribution >= 4 is 23.5 Å². The van der Waals surface area contributed by atoms with Crippen LogP contribution in [0.5, 0.6) is 0 Å². The van der Waals surface area contributed by atoms with Crippen LogP contribution in [0, 0.1) is 10.1 Å². The van der Waals surface area contributed by atoms with Gasteiger partial charge in [0, 0.05) is 17.7 Å². The molecule has 0 aliphatic carbocycles. The second-order valence-corrected chi connectivity index (χ2v) is 8.46. The molecule has 34 heavy (non-hydrogen) atoms. The average molecular weight is 472 g/mol. The van der Waals surface area contributed by atoms with E-state index in [1.54, 1.807) is 27.7 Å². The number of benzene rings is 2. The summed E-state index contributed by atoms with van der Waals surface area (Å²) in [7, 11) is 0. The summed E-state index contributed by atoms with van der Waals surface area (Å²) in [5.74, 6) is -1.55. The van der Waals surface area contributed by atoms with Crippen LogP contribution in [0.1, 0.15) is 43.6 Å². The van der Waals surface area contributed by atoms with Crippen LogP contribution in [0.3, 0.4) is 0 Å². The van der Waals surface area contributed by atoms with Gasteiger partial charge in [-0.25, -0.2) is 9.59 Å². The number of carbonyl (C=O) groups is 3. The zero-order chi connectivity index (χ0) is 25.3. The van der Waals surface area contributed by atoms with E-state index >= 15 is 0 Å². The number of hydrogen-bond acceptors (Lipinski definition) is 8. The van der Waals surface area contributed by atoms with E-state index in [1.807, 2.05) is 30.3 Å². The second-order valence-electron chi connectivity index (χ2n) is 8.46. The summed E-state index contributed by atoms with van der Waals surface area (Å²) >= 11 is 0. The topological polar surface area (TPSA) is 134 Å². The third-order valence-electron chi connectivity index (χ3n) is 4.48. The van der Waals surface area contributed by atoms with Gasteiger partial charge in [0.2, 0.25) is 5.78 Å². The molecule has 0 bridgehead atoms. The molecule has 1 N–H and O–H groups in total. The molecular weight excluding hydrogens is 444 g/mol. The zero-order valence-electron chi connectivity index (χ0n) is 19.5. The highest BCUT2D eigenvalue weighted by molar-refractivity contribution is 5.98. The Balaban J connectivity index is 2.07. The van der Waals surface area contributed by atoms with Crippen LogP contribution in [0.4, 0.5) is 10.5 Å². The summed E-state index contributed by atoms with van der Waals surface area (Å²) in [6, 6.07) is 13.0. The van der Waals surface area contributed by atoms with E-state index in [0.29, 0.717) is 0 Å². The number of ether oxygens (including phenoxy) is 3. The molecule has 0 fully saturated rings. The highest BCUT2D eigenvalue weighted by atomic mass is 16.6. The van der Waals surface area contributed by atoms with Gasteiger partial charge in [0.25, 0.3) is 5.69 Å². The molecule has 0 aromatic heterocycles. The number of nitrogens with one attached hydrogen (secondary N) is 1. The van der Waals surface area contributed by atoms with Crippen LogP contribution in [0.15, 0.2) is 54.6 Å². The molecule has 0 spiro atoms. The van der Waals surface area contributed by atoms with Gasteiger partial charge in [-0.3, -0.25) is 14.9 Å². The van der Waals surface area contributed by atoms with Gasteiger partial charge in [-0.2, -0.15) is 0 Å². The van der Waals surface area contributed by atoms with Crippen LogP contribution in [-0.2, 0) is 25.6 Å². The SMILES string of the molecule is C[C@H](OCc1ccccc1)[C@@H](NC(=O)OC(C)(C)C)C(=O)OCC(=O)c1cccc([N+](=O)[O-])c1. The Kier molecular flexibility index (Phi) is 9.26. The van der Waals surface area contributed by atoms with Gasteiger partial charge >= 0.3 is 12.1 Å². The van der Waals surface area contributed by atoms with Crippen LogP contribution in [-0.4, -0.2) is 47.1 Å². The molecule has 0 saturated carbocycles. The van der Waals surface area contributed by atoms with Gasteiger partial charge in [-0.1, -0.05) is 42.5 Å². The molecule has 2 aromatic carbocycles. The predicted molar refractivity (Wildman–Crippen MR) is 122 cm³/mol. The number of carbonyl (C=O) groups excluding carboxylic acids is 3. The lowest BCUT2D eigenvalue weighted by molar-refractivity contribution is -0.384. The smallest absolute Gasteiger partial charge is 0.408 e. The molecule has 182 valence electrons. The molecule has 10 nitrogen and oxygen atoms in total. The molecule has 0 saturated heterocycles. The van der Waals surface area contributed by atoms with Crippen LogP contribution >= 0.6 is 0 Å². The Hall–Kier alpha value is -3.79. The molecule has 0 heterocycles. The normalized spacial score (nSPS) is 12.8. The number of esters is 1. The first-order valence-electron chi connectivity index (χ1n) is 10.6. The fraction of sp³-hybridized carbons (Fsp3) is 0.375. The van der Waals surface area contributed by atoms with Gasteiger partial charge < -0.3 is 19.5 Å². The highest BCUT2D eigenvalue weighted by Gasteiger charge is 2.31. The third kappa shape index (κ3) is 8.62. The maximum Gasteiger partial charge on any atom is 0.408 e. The molecule has 0 unspecified atom stereocenters. The van der Waals surface area contributed by atoms with Gasteiger partial charge in [0.05, 0.1) is 17.6 Å². The van der Waals surface area contributed by atoms with Gasteiger partial charge in [-0.15, -0.1) is 0 Å². The Bertz CT molecular complexity index is 1020. The number of amides is 1. The summed E-state index contributed by atoms with van der Waals surface area (Å²) in [6.07, 6.45) is -1.68. The molecule has 0 radical (unpaired) electrons. The molecule has 10 heteroatoms. The molecule has 2 aromatic rings. The molecule has 2 rings (SSSR count). The van der Waals surface area contributed by atoms with Crippen molar-refractivity contribution in [1.82, 2.24) is 5.32 Å². The summed E-state index contributed by atoms with van der Waals surface area (Å²) < 4.78 is 16.1. The minimum Gasteiger partial charge on any atom is -0.456 e. The number of Topliss-reactive ketones (excluding diaryl/α,β-unsaturated/α-hetero) is 1. The fourth-order valence-electron chi connectivity index (χ4n) is 2.80. The van der Waals surface area contributed by atoms with Crippen molar-refractivity contribution < 1.29 is 33.5 Å². The number of alkyl carbamates (subject to hydrolysis) is 1. The Morgan fingerprint density at radius 1 is 1.06 bits per heavy atom. The quantitative estimate of drug-likeness (QED) is 0.239. The van der Waals surface area contributed by atoms with Crippen molar-refractivity contribution in [2.45, 2.75) is 52.0 Å². The molecule has 0 aliphatic heterocycles. The van der Waals surface area contributed by atoms with Crippen molar-refractivity contribution in [3.8, 4) is 0 Å². The molecule has 1 amide bonds. The van der Waals surface area contributed by atoms with Crippen molar-refractivity contribution in [2.75, 3.05) is 6.61 Å². The summed E-state index contributed by atoms with van der Waals surface area (Å²) in [6.45, 7) is 6.10. The van der Waals surface area contributed by atoms with Crippen LogP contribution in [0.2, 0.25) is 0 Å². The number of nitro groups is 1. The van der Waals surface area contributed by atoms with Crippen LogP contribution in [0.25, 0.3) is 0 Å². The van der Waals surface area contributed by atoms with Gasteiger partial charge in [0.15, 0.2) is 12.6 Å². The van der Waals surface area contributed by atoms with Crippen molar-refractivity contribution in [3.05, 3.63) is 75.8 Å². The number of nitro benzene ring substituents is 1. The maximum atomic E-state index is 12.8. The van der Waals surface area contributed by atoms with Crippen molar-refractivity contribution in [2.24, 2.45) is 0 Å². The Morgan fingerprint density at radius 2 is 1.74 bits per heavy atom. The fourth-order valence-corrected chi connectivity index (χ4v) is 2.80. The molecule has 0 aliphatic rings. The maximum absolute atomic E-state index is 12.8. The summed E-state index contributed by atoms with van der Waals surface area (Å²) in [5.41, 5.74) is -0.179. The average Bonchev–Trinajstić information content (AvgIpc) is 2.78. The Labute approximate surface area is 197 Å². The zero-order valence-corrected chi connectivity index (χ0v) is 19.5. The standard InChI is InChI=1S/C24H28N2O8/c1-16(32-14-17-9-6-5-7-10-17)21(25-23(29)34-24(2,3)4)22(28)33-15-20(27)18-11-8-12-19(13-18)26(30)31/h5-13,16,21H,14-15H2,1-4H3,(H,25,29)/t16-,21+/m0/s1. The lowest BCUT2D eigenvalue weighted by atomic mass is 10.1. The third-order valence-corrected chi connectivity index (χ3v) is 4.48. The minimum atomic E-state index is -1.27. The number of nitrogens with zero attached hydrogens (tertiary/aromatic N) is 1. The molecule has 2 atom stereocenters. The van der Waals surface area contributed by atoms with E-state index in [0.717, 1.165) is 11.6 Å². The summed E-state index contributed by atoms with van der Waals surface area (Å²) in [4.78, 5) is 47.7. The first-order chi connectivity index (χ1) is 16.0. The number of hydrogen-bond donors (Lipinski definition) is 1. The second kappa shape index (κ2) is 11.9. The Morgan fingerprint density at radius 3 is 2.35 bits per heavy atom. The lowest BCUT2D eigenvalue weighted by Crippen LogP contribution is -2.51. The van der Waals surface area contributed by atoms with Gasteiger partial charge in [-0.05, 0) is 33.3 Å².